The summed E-state index contributed by atoms with van der Waals surface area (Å²) in [5, 5.41) is 30.8. The van der Waals surface area contributed by atoms with Crippen LogP contribution in [0.25, 0.3) is 0 Å². The molecule has 3 atom stereocenters. The second-order valence-electron chi connectivity index (χ2n) is 6.49. The summed E-state index contributed by atoms with van der Waals surface area (Å²) in [6.45, 7) is 9.37. The van der Waals surface area contributed by atoms with Gasteiger partial charge in [0.25, 0.3) is 0 Å². The number of carbonyl (C=O) groups excluding carboxylic acids is 1. The Morgan fingerprint density at radius 3 is 2.34 bits per heavy atom. The fraction of sp³-hybridized carbons (Fsp3) is 0.800. The van der Waals surface area contributed by atoms with Crippen molar-refractivity contribution in [3.63, 3.8) is 0 Å². The number of nitrogens with zero attached hydrogens (tertiary/aromatic N) is 2. The first-order valence-electron chi connectivity index (χ1n) is 10.2. The number of ketones is 1. The second kappa shape index (κ2) is 18.7. The standard InChI is InChI=1S/C10H18N2O2.C6H12O4.C4H8O/c1-2-7-13-9-10-14-8-6-12-5-3-4-11-12;7-3-5-6(9)4(8)1-2-10-5;1-3-4(2)5/h3-5H,2,6-10H2,1H3;4-9H,1-3H2;3H2,1-2H3. The van der Waals surface area contributed by atoms with Crippen molar-refractivity contribution < 1.29 is 34.3 Å². The normalized spacial score (nSPS) is 20.8. The van der Waals surface area contributed by atoms with Crippen LogP contribution in [0.15, 0.2) is 18.5 Å². The summed E-state index contributed by atoms with van der Waals surface area (Å²) in [6, 6.07) is 1.91. The van der Waals surface area contributed by atoms with Crippen molar-refractivity contribution in [1.82, 2.24) is 9.78 Å². The fourth-order valence-electron chi connectivity index (χ4n) is 2.08. The van der Waals surface area contributed by atoms with Gasteiger partial charge in [0.05, 0.1) is 39.1 Å². The quantitative estimate of drug-likeness (QED) is 0.477. The number of aliphatic hydroxyl groups is 3. The maximum Gasteiger partial charge on any atom is 0.129 e. The Labute approximate surface area is 173 Å². The molecule has 0 bridgehead atoms. The van der Waals surface area contributed by atoms with Gasteiger partial charge in [-0.3, -0.25) is 4.68 Å². The van der Waals surface area contributed by atoms with Gasteiger partial charge in [0.15, 0.2) is 0 Å². The monoisotopic (exact) mass is 418 g/mol. The molecule has 0 spiro atoms. The van der Waals surface area contributed by atoms with E-state index < -0.39 is 18.3 Å². The summed E-state index contributed by atoms with van der Waals surface area (Å²) in [7, 11) is 0. The Morgan fingerprint density at radius 2 is 1.86 bits per heavy atom. The first-order chi connectivity index (χ1) is 14.0. The molecule has 0 aliphatic carbocycles. The van der Waals surface area contributed by atoms with Gasteiger partial charge in [0.1, 0.15) is 18.0 Å². The first-order valence-corrected chi connectivity index (χ1v) is 10.2. The SMILES string of the molecule is CCC(C)=O.CCCOCCOCCn1cccn1.OCC1OCCC(O)C1O. The zero-order chi connectivity index (χ0) is 21.9. The summed E-state index contributed by atoms with van der Waals surface area (Å²) in [4.78, 5) is 9.81. The number of hydrogen-bond acceptors (Lipinski definition) is 8. The molecule has 2 rings (SSSR count). The van der Waals surface area contributed by atoms with Gasteiger partial charge in [-0.1, -0.05) is 13.8 Å². The summed E-state index contributed by atoms with van der Waals surface area (Å²) < 4.78 is 17.4. The molecule has 0 amide bonds. The van der Waals surface area contributed by atoms with Crippen molar-refractivity contribution in [2.75, 3.05) is 39.6 Å². The van der Waals surface area contributed by atoms with Crippen LogP contribution in [0.2, 0.25) is 0 Å². The van der Waals surface area contributed by atoms with E-state index in [0.29, 0.717) is 39.3 Å². The number of aromatic nitrogens is 2. The van der Waals surface area contributed by atoms with E-state index in [1.54, 1.807) is 13.1 Å². The third kappa shape index (κ3) is 15.2. The number of hydrogen-bond donors (Lipinski definition) is 3. The van der Waals surface area contributed by atoms with Crippen molar-refractivity contribution in [2.24, 2.45) is 0 Å². The molecule has 1 aliphatic heterocycles. The molecule has 170 valence electrons. The molecule has 1 aromatic rings. The average Bonchev–Trinajstić information content (AvgIpc) is 3.24. The van der Waals surface area contributed by atoms with Crippen LogP contribution in [0.1, 0.15) is 40.0 Å². The van der Waals surface area contributed by atoms with Crippen LogP contribution in [0, 0.1) is 0 Å². The summed E-state index contributed by atoms with van der Waals surface area (Å²) in [5.41, 5.74) is 0. The molecule has 1 fully saturated rings. The lowest BCUT2D eigenvalue weighted by Crippen LogP contribution is -2.46. The molecule has 9 heteroatoms. The van der Waals surface area contributed by atoms with Gasteiger partial charge >= 0.3 is 0 Å². The highest BCUT2D eigenvalue weighted by atomic mass is 16.5. The molecule has 3 unspecified atom stereocenters. The molecule has 1 saturated heterocycles. The number of Topliss-reactive ketones (excluding diaryl/α,β-unsaturated/α-hetero) is 1. The van der Waals surface area contributed by atoms with Crippen LogP contribution in [0.5, 0.6) is 0 Å². The van der Waals surface area contributed by atoms with Gasteiger partial charge in [-0.2, -0.15) is 5.10 Å². The maximum absolute atomic E-state index is 9.81. The van der Waals surface area contributed by atoms with Crippen molar-refractivity contribution in [3.8, 4) is 0 Å². The minimum Gasteiger partial charge on any atom is -0.394 e. The van der Waals surface area contributed by atoms with E-state index in [-0.39, 0.29) is 12.4 Å². The number of rotatable bonds is 10. The minimum atomic E-state index is -0.932. The predicted octanol–water partition coefficient (Wildman–Crippen LogP) is 0.801. The lowest BCUT2D eigenvalue weighted by molar-refractivity contribution is -0.147. The zero-order valence-corrected chi connectivity index (χ0v) is 17.9. The Balaban J connectivity index is 0.000000455. The lowest BCUT2D eigenvalue weighted by Gasteiger charge is -2.30. The molecule has 2 heterocycles. The van der Waals surface area contributed by atoms with E-state index in [4.69, 9.17) is 29.5 Å². The van der Waals surface area contributed by atoms with Crippen molar-refractivity contribution in [1.29, 1.82) is 0 Å². The van der Waals surface area contributed by atoms with E-state index in [9.17, 15) is 4.79 Å². The maximum atomic E-state index is 9.81. The highest BCUT2D eigenvalue weighted by molar-refractivity contribution is 5.74. The Hall–Kier alpha value is -1.36. The number of carbonyl (C=O) groups is 1. The predicted molar refractivity (Wildman–Crippen MR) is 109 cm³/mol. The van der Waals surface area contributed by atoms with Gasteiger partial charge in [-0.05, 0) is 25.8 Å². The van der Waals surface area contributed by atoms with E-state index in [1.165, 1.54) is 0 Å². The Morgan fingerprint density at radius 1 is 1.21 bits per heavy atom. The summed E-state index contributed by atoms with van der Waals surface area (Å²) in [5.74, 6) is 0.255. The molecular weight excluding hydrogens is 380 g/mol. The third-order valence-corrected chi connectivity index (χ3v) is 3.94. The van der Waals surface area contributed by atoms with E-state index >= 15 is 0 Å². The summed E-state index contributed by atoms with van der Waals surface area (Å²) in [6.07, 6.45) is 3.58. The first kappa shape index (κ1) is 27.6. The van der Waals surface area contributed by atoms with Crippen LogP contribution in [0.3, 0.4) is 0 Å². The van der Waals surface area contributed by atoms with Crippen LogP contribution >= 0.6 is 0 Å². The van der Waals surface area contributed by atoms with Crippen molar-refractivity contribution in [3.05, 3.63) is 18.5 Å². The Bertz CT molecular complexity index is 485. The molecule has 29 heavy (non-hydrogen) atoms. The van der Waals surface area contributed by atoms with Crippen molar-refractivity contribution >= 4 is 5.78 Å². The van der Waals surface area contributed by atoms with Gasteiger partial charge < -0.3 is 34.3 Å². The van der Waals surface area contributed by atoms with Gasteiger partial charge in [-0.25, -0.2) is 0 Å². The topological polar surface area (TPSA) is 123 Å². The minimum absolute atomic E-state index is 0.238. The van der Waals surface area contributed by atoms with Crippen LogP contribution in [0.4, 0.5) is 0 Å². The molecule has 0 radical (unpaired) electrons. The lowest BCUT2D eigenvalue weighted by atomic mass is 10.0. The molecule has 3 N–H and O–H groups in total. The van der Waals surface area contributed by atoms with Crippen LogP contribution in [-0.4, -0.2) is 88.8 Å². The number of ether oxygens (including phenoxy) is 3. The van der Waals surface area contributed by atoms with Crippen molar-refractivity contribution in [2.45, 2.75) is 64.9 Å². The molecule has 1 aromatic heterocycles. The molecular formula is C20H38N2O7. The molecule has 0 saturated carbocycles. The largest absolute Gasteiger partial charge is 0.394 e. The smallest absolute Gasteiger partial charge is 0.129 e. The summed E-state index contributed by atoms with van der Waals surface area (Å²) >= 11 is 0. The van der Waals surface area contributed by atoms with Gasteiger partial charge in [-0.15, -0.1) is 0 Å². The van der Waals surface area contributed by atoms with E-state index in [1.807, 2.05) is 23.9 Å². The fourth-order valence-corrected chi connectivity index (χ4v) is 2.08. The van der Waals surface area contributed by atoms with E-state index in [2.05, 4.69) is 12.0 Å². The average molecular weight is 419 g/mol. The molecule has 0 aromatic carbocycles. The van der Waals surface area contributed by atoms with Crippen LogP contribution in [-0.2, 0) is 25.5 Å². The third-order valence-electron chi connectivity index (χ3n) is 3.94. The highest BCUT2D eigenvalue weighted by Gasteiger charge is 2.30. The van der Waals surface area contributed by atoms with Gasteiger partial charge in [0.2, 0.25) is 0 Å². The Kier molecular flexibility index (Phi) is 17.8. The molecule has 1 aliphatic rings. The molecule has 9 nitrogen and oxygen atoms in total. The zero-order valence-electron chi connectivity index (χ0n) is 17.9. The highest BCUT2D eigenvalue weighted by Crippen LogP contribution is 2.13. The number of aliphatic hydroxyl groups excluding tert-OH is 3. The second-order valence-corrected chi connectivity index (χ2v) is 6.49. The van der Waals surface area contributed by atoms with Crippen LogP contribution < -0.4 is 0 Å². The van der Waals surface area contributed by atoms with E-state index in [0.717, 1.165) is 19.6 Å². The van der Waals surface area contributed by atoms with Gasteiger partial charge in [0, 0.05) is 32.0 Å².